The van der Waals surface area contributed by atoms with Gasteiger partial charge in [-0.2, -0.15) is 13.2 Å². The van der Waals surface area contributed by atoms with Crippen molar-refractivity contribution < 1.29 is 37.3 Å². The molecule has 1 heterocycles. The molecule has 1 fully saturated rings. The number of nitrogens with zero attached hydrogens (tertiary/aromatic N) is 1. The van der Waals surface area contributed by atoms with E-state index >= 15 is 0 Å². The molecule has 9 heteroatoms. The summed E-state index contributed by atoms with van der Waals surface area (Å²) in [7, 11) is 2.90. The van der Waals surface area contributed by atoms with E-state index in [0.29, 0.717) is 17.1 Å². The monoisotopic (exact) mass is 483 g/mol. The predicted octanol–water partition coefficient (Wildman–Crippen LogP) is 5.35. The maximum absolute atomic E-state index is 13.4. The first-order valence-electron chi connectivity index (χ1n) is 10.4. The number of carbonyl (C=O) groups is 2. The normalized spacial score (nSPS) is 17.5. The van der Waals surface area contributed by atoms with Gasteiger partial charge in [0.05, 0.1) is 31.4 Å². The average molecular weight is 483 g/mol. The van der Waals surface area contributed by atoms with Crippen molar-refractivity contribution in [2.75, 3.05) is 19.1 Å². The van der Waals surface area contributed by atoms with E-state index < -0.39 is 35.2 Å². The highest BCUT2D eigenvalue weighted by Crippen LogP contribution is 2.43. The second-order valence-corrected chi connectivity index (χ2v) is 7.72. The van der Waals surface area contributed by atoms with E-state index in [0.717, 1.165) is 23.1 Å². The Kier molecular flexibility index (Phi) is 6.26. The van der Waals surface area contributed by atoms with E-state index in [2.05, 4.69) is 0 Å². The van der Waals surface area contributed by atoms with Gasteiger partial charge in [-0.15, -0.1) is 0 Å². The van der Waals surface area contributed by atoms with E-state index in [1.807, 2.05) is 0 Å². The predicted molar refractivity (Wildman–Crippen MR) is 122 cm³/mol. The van der Waals surface area contributed by atoms with Gasteiger partial charge in [-0.25, -0.2) is 0 Å². The number of hydrogen-bond donors (Lipinski definition) is 1. The van der Waals surface area contributed by atoms with E-state index in [1.165, 1.54) is 32.4 Å². The van der Waals surface area contributed by atoms with Crippen LogP contribution < -0.4 is 14.4 Å². The molecule has 6 nitrogen and oxygen atoms in total. The molecule has 1 aliphatic heterocycles. The minimum atomic E-state index is -4.65. The van der Waals surface area contributed by atoms with E-state index in [-0.39, 0.29) is 16.8 Å². The summed E-state index contributed by atoms with van der Waals surface area (Å²) in [6.45, 7) is 0. The Morgan fingerprint density at radius 3 is 2.17 bits per heavy atom. The second-order valence-electron chi connectivity index (χ2n) is 7.72. The van der Waals surface area contributed by atoms with Crippen LogP contribution in [-0.4, -0.2) is 31.0 Å². The number of methoxy groups -OCH3 is 2. The summed E-state index contributed by atoms with van der Waals surface area (Å²) in [5.41, 5.74) is -0.756. The van der Waals surface area contributed by atoms with Crippen molar-refractivity contribution in [3.8, 4) is 11.5 Å². The van der Waals surface area contributed by atoms with Gasteiger partial charge in [-0.3, -0.25) is 14.5 Å². The molecule has 1 saturated heterocycles. The molecule has 3 aromatic carbocycles. The lowest BCUT2D eigenvalue weighted by atomic mass is 9.95. The fraction of sp³-hybridized carbons (Fsp3) is 0.154. The Morgan fingerprint density at radius 2 is 1.54 bits per heavy atom. The first kappa shape index (κ1) is 23.9. The SMILES string of the molecule is COc1ccc(C2/C(=C(\O)c3cccc(OC)c3)C(=O)C(=O)N2c2cccc(C(F)(F)F)c2)cc1. The minimum Gasteiger partial charge on any atom is -0.507 e. The number of anilines is 1. The number of halogens is 3. The van der Waals surface area contributed by atoms with Crippen LogP contribution in [0, 0.1) is 0 Å². The van der Waals surface area contributed by atoms with Crippen LogP contribution in [0.2, 0.25) is 0 Å². The molecule has 1 N–H and O–H groups in total. The van der Waals surface area contributed by atoms with E-state index in [4.69, 9.17) is 9.47 Å². The number of aliphatic hydroxyl groups excluding tert-OH is 1. The molecule has 1 atom stereocenters. The van der Waals surface area contributed by atoms with Crippen LogP contribution in [0.25, 0.3) is 5.76 Å². The smallest absolute Gasteiger partial charge is 0.416 e. The third-order valence-corrected chi connectivity index (χ3v) is 5.67. The molecule has 3 aromatic rings. The van der Waals surface area contributed by atoms with Gasteiger partial charge in [0.15, 0.2) is 0 Å². The molecule has 1 unspecified atom stereocenters. The Bertz CT molecular complexity index is 1320. The second kappa shape index (κ2) is 9.17. The number of ketones is 1. The van der Waals surface area contributed by atoms with Crippen LogP contribution in [0.15, 0.2) is 78.4 Å². The van der Waals surface area contributed by atoms with Gasteiger partial charge in [0.2, 0.25) is 0 Å². The third-order valence-electron chi connectivity index (χ3n) is 5.67. The number of Topliss-reactive ketones (excluding diaryl/α,β-unsaturated/α-hetero) is 1. The van der Waals surface area contributed by atoms with Crippen molar-refractivity contribution in [1.82, 2.24) is 0 Å². The summed E-state index contributed by atoms with van der Waals surface area (Å²) in [6, 6.07) is 15.5. The lowest BCUT2D eigenvalue weighted by Crippen LogP contribution is -2.29. The number of ether oxygens (including phenoxy) is 2. The van der Waals surface area contributed by atoms with Crippen molar-refractivity contribution in [3.63, 3.8) is 0 Å². The fourth-order valence-corrected chi connectivity index (χ4v) is 3.96. The Balaban J connectivity index is 1.94. The number of benzene rings is 3. The van der Waals surface area contributed by atoms with E-state index in [9.17, 15) is 27.9 Å². The molecule has 0 saturated carbocycles. The largest absolute Gasteiger partial charge is 0.507 e. The van der Waals surface area contributed by atoms with Crippen molar-refractivity contribution in [1.29, 1.82) is 0 Å². The quantitative estimate of drug-likeness (QED) is 0.301. The first-order chi connectivity index (χ1) is 16.7. The summed E-state index contributed by atoms with van der Waals surface area (Å²) in [6.07, 6.45) is -4.65. The summed E-state index contributed by atoms with van der Waals surface area (Å²) < 4.78 is 50.5. The number of amides is 1. The molecular formula is C26H20F3NO5. The summed E-state index contributed by atoms with van der Waals surface area (Å²) >= 11 is 0. The molecule has 0 aromatic heterocycles. The van der Waals surface area contributed by atoms with Crippen LogP contribution in [-0.2, 0) is 15.8 Å². The maximum atomic E-state index is 13.4. The standard InChI is InChI=1S/C26H20F3NO5/c1-34-19-11-9-15(10-12-19)22-21(23(31)16-5-3-8-20(13-16)35-2)24(32)25(33)30(22)18-7-4-6-17(14-18)26(27,28)29/h3-14,22,31H,1-2H3/b23-21+. The van der Waals surface area contributed by atoms with Gasteiger partial charge in [0.1, 0.15) is 17.3 Å². The molecule has 180 valence electrons. The van der Waals surface area contributed by atoms with E-state index in [1.54, 1.807) is 36.4 Å². The zero-order chi connectivity index (χ0) is 25.3. The average Bonchev–Trinajstić information content (AvgIpc) is 3.13. The molecule has 35 heavy (non-hydrogen) atoms. The first-order valence-corrected chi connectivity index (χ1v) is 10.4. The number of alkyl halides is 3. The molecule has 0 aliphatic carbocycles. The van der Waals surface area contributed by atoms with Crippen LogP contribution in [0.3, 0.4) is 0 Å². The zero-order valence-corrected chi connectivity index (χ0v) is 18.7. The van der Waals surface area contributed by atoms with Gasteiger partial charge in [-0.05, 0) is 48.0 Å². The van der Waals surface area contributed by atoms with Gasteiger partial charge in [-0.1, -0.05) is 30.3 Å². The molecule has 0 radical (unpaired) electrons. The summed E-state index contributed by atoms with van der Waals surface area (Å²) in [5.74, 6) is -1.66. The van der Waals surface area contributed by atoms with Crippen molar-refractivity contribution >= 4 is 23.1 Å². The lowest BCUT2D eigenvalue weighted by Gasteiger charge is -2.26. The van der Waals surface area contributed by atoms with Crippen molar-refractivity contribution in [2.45, 2.75) is 12.2 Å². The Hall–Kier alpha value is -4.27. The number of hydrogen-bond acceptors (Lipinski definition) is 5. The van der Waals surface area contributed by atoms with Crippen molar-refractivity contribution in [3.05, 3.63) is 95.1 Å². The maximum Gasteiger partial charge on any atom is 0.416 e. The topological polar surface area (TPSA) is 76.1 Å². The number of aliphatic hydroxyl groups is 1. The van der Waals surface area contributed by atoms with Crippen LogP contribution in [0.4, 0.5) is 18.9 Å². The van der Waals surface area contributed by atoms with Gasteiger partial charge in [0.25, 0.3) is 11.7 Å². The highest BCUT2D eigenvalue weighted by Gasteiger charge is 2.47. The van der Waals surface area contributed by atoms with Gasteiger partial charge < -0.3 is 14.6 Å². The molecule has 1 amide bonds. The number of carbonyl (C=O) groups excluding carboxylic acids is 2. The Labute approximate surface area is 198 Å². The molecule has 0 spiro atoms. The fourth-order valence-electron chi connectivity index (χ4n) is 3.96. The van der Waals surface area contributed by atoms with Crippen LogP contribution in [0.5, 0.6) is 11.5 Å². The number of rotatable bonds is 5. The van der Waals surface area contributed by atoms with Crippen LogP contribution in [0.1, 0.15) is 22.7 Å². The molecule has 0 bridgehead atoms. The Morgan fingerprint density at radius 1 is 0.886 bits per heavy atom. The zero-order valence-electron chi connectivity index (χ0n) is 18.7. The summed E-state index contributed by atoms with van der Waals surface area (Å²) in [5, 5.41) is 11.1. The molecular weight excluding hydrogens is 463 g/mol. The summed E-state index contributed by atoms with van der Waals surface area (Å²) in [4.78, 5) is 27.3. The van der Waals surface area contributed by atoms with Gasteiger partial charge in [0, 0.05) is 11.3 Å². The highest BCUT2D eigenvalue weighted by atomic mass is 19.4. The van der Waals surface area contributed by atoms with Crippen LogP contribution >= 0.6 is 0 Å². The highest BCUT2D eigenvalue weighted by molar-refractivity contribution is 6.51. The molecule has 4 rings (SSSR count). The molecule has 1 aliphatic rings. The van der Waals surface area contributed by atoms with Crippen molar-refractivity contribution in [2.24, 2.45) is 0 Å². The lowest BCUT2D eigenvalue weighted by molar-refractivity contribution is -0.137. The third kappa shape index (κ3) is 4.44. The minimum absolute atomic E-state index is 0.132. The van der Waals surface area contributed by atoms with Gasteiger partial charge >= 0.3 is 6.18 Å².